The zero-order valence-corrected chi connectivity index (χ0v) is 11.5. The van der Waals surface area contributed by atoms with Crippen molar-refractivity contribution < 1.29 is 13.9 Å². The number of hydrogen-bond acceptors (Lipinski definition) is 3. The molecular weight excluding hydrogens is 245 g/mol. The van der Waals surface area contributed by atoms with E-state index in [1.54, 1.807) is 6.07 Å². The lowest BCUT2D eigenvalue weighted by Crippen LogP contribution is -2.47. The van der Waals surface area contributed by atoms with E-state index in [2.05, 4.69) is 5.32 Å². The van der Waals surface area contributed by atoms with Crippen molar-refractivity contribution in [3.05, 3.63) is 29.6 Å². The van der Waals surface area contributed by atoms with Gasteiger partial charge in [-0.05, 0) is 37.9 Å². The molecule has 0 saturated carbocycles. The van der Waals surface area contributed by atoms with Crippen LogP contribution in [0.3, 0.4) is 0 Å². The van der Waals surface area contributed by atoms with Crippen LogP contribution < -0.4 is 10.1 Å². The van der Waals surface area contributed by atoms with Crippen molar-refractivity contribution in [2.45, 2.75) is 38.1 Å². The molecule has 1 saturated heterocycles. The fourth-order valence-electron chi connectivity index (χ4n) is 2.82. The van der Waals surface area contributed by atoms with Gasteiger partial charge in [-0.25, -0.2) is 4.39 Å². The minimum atomic E-state index is -0.579. The molecule has 19 heavy (non-hydrogen) atoms. The van der Waals surface area contributed by atoms with E-state index in [1.807, 2.05) is 6.92 Å². The molecule has 4 heteroatoms. The predicted molar refractivity (Wildman–Crippen MR) is 72.2 cm³/mol. The van der Waals surface area contributed by atoms with E-state index in [0.29, 0.717) is 5.75 Å². The molecule has 1 N–H and O–H groups in total. The molecule has 1 unspecified atom stereocenters. The first-order valence-corrected chi connectivity index (χ1v) is 6.76. The second kappa shape index (κ2) is 5.70. The molecule has 0 aliphatic carbocycles. The predicted octanol–water partition coefficient (Wildman–Crippen LogP) is 2.94. The summed E-state index contributed by atoms with van der Waals surface area (Å²) in [7, 11) is 1.48. The standard InChI is InChI=1S/C15H20FNO2/c1-3-7-15(8-4-9-17-15)14(18)12-6-5-11(19-2)10-13(12)16/h5-6,10,17H,3-4,7-9H2,1-2H3. The first-order valence-electron chi connectivity index (χ1n) is 6.76. The van der Waals surface area contributed by atoms with Crippen LogP contribution in [0.4, 0.5) is 4.39 Å². The number of halogens is 1. The zero-order chi connectivity index (χ0) is 13.9. The molecule has 0 bridgehead atoms. The van der Waals surface area contributed by atoms with Gasteiger partial charge in [0.05, 0.1) is 18.2 Å². The van der Waals surface area contributed by atoms with Gasteiger partial charge in [0.2, 0.25) is 0 Å². The van der Waals surface area contributed by atoms with Gasteiger partial charge in [-0.3, -0.25) is 4.79 Å². The topological polar surface area (TPSA) is 38.3 Å². The van der Waals surface area contributed by atoms with Crippen molar-refractivity contribution in [3.63, 3.8) is 0 Å². The van der Waals surface area contributed by atoms with Crippen LogP contribution in [0.15, 0.2) is 18.2 Å². The highest BCUT2D eigenvalue weighted by molar-refractivity contribution is 6.03. The highest BCUT2D eigenvalue weighted by Gasteiger charge is 2.41. The van der Waals surface area contributed by atoms with Crippen molar-refractivity contribution >= 4 is 5.78 Å². The van der Waals surface area contributed by atoms with Crippen molar-refractivity contribution in [1.29, 1.82) is 0 Å². The maximum Gasteiger partial charge on any atom is 0.185 e. The van der Waals surface area contributed by atoms with Crippen molar-refractivity contribution in [3.8, 4) is 5.75 Å². The van der Waals surface area contributed by atoms with E-state index in [1.165, 1.54) is 19.2 Å². The third kappa shape index (κ3) is 2.63. The molecule has 1 aromatic carbocycles. The summed E-state index contributed by atoms with van der Waals surface area (Å²) in [5.74, 6) is -0.210. The average Bonchev–Trinajstić information content (AvgIpc) is 2.88. The molecular formula is C15H20FNO2. The second-order valence-electron chi connectivity index (χ2n) is 5.04. The highest BCUT2D eigenvalue weighted by atomic mass is 19.1. The van der Waals surface area contributed by atoms with Crippen LogP contribution in [-0.4, -0.2) is 25.0 Å². The van der Waals surface area contributed by atoms with Gasteiger partial charge < -0.3 is 10.1 Å². The van der Waals surface area contributed by atoms with Gasteiger partial charge >= 0.3 is 0 Å². The van der Waals surface area contributed by atoms with Crippen LogP contribution >= 0.6 is 0 Å². The number of nitrogens with one attached hydrogen (secondary N) is 1. The number of Topliss-reactive ketones (excluding diaryl/α,β-unsaturated/α-hetero) is 1. The molecule has 1 aliphatic rings. The smallest absolute Gasteiger partial charge is 0.185 e. The molecule has 1 atom stereocenters. The number of methoxy groups -OCH3 is 1. The van der Waals surface area contributed by atoms with Crippen LogP contribution in [-0.2, 0) is 0 Å². The van der Waals surface area contributed by atoms with E-state index < -0.39 is 11.4 Å². The van der Waals surface area contributed by atoms with Gasteiger partial charge in [0.25, 0.3) is 0 Å². The fraction of sp³-hybridized carbons (Fsp3) is 0.533. The molecule has 104 valence electrons. The monoisotopic (exact) mass is 265 g/mol. The Morgan fingerprint density at radius 2 is 2.32 bits per heavy atom. The quantitative estimate of drug-likeness (QED) is 0.832. The third-order valence-corrected chi connectivity index (χ3v) is 3.78. The summed E-state index contributed by atoms with van der Waals surface area (Å²) < 4.78 is 19.0. The summed E-state index contributed by atoms with van der Waals surface area (Å²) in [6.07, 6.45) is 3.39. The van der Waals surface area contributed by atoms with Crippen molar-refractivity contribution in [1.82, 2.24) is 5.32 Å². The maximum atomic E-state index is 14.0. The molecule has 0 radical (unpaired) electrons. The van der Waals surface area contributed by atoms with E-state index in [0.717, 1.165) is 32.2 Å². The molecule has 1 aromatic rings. The lowest BCUT2D eigenvalue weighted by molar-refractivity contribution is 0.0853. The van der Waals surface area contributed by atoms with E-state index in [4.69, 9.17) is 4.74 Å². The van der Waals surface area contributed by atoms with Gasteiger partial charge in [0.1, 0.15) is 11.6 Å². The first kappa shape index (κ1) is 14.0. The number of carbonyl (C=O) groups excluding carboxylic acids is 1. The van der Waals surface area contributed by atoms with Crippen LogP contribution in [0.5, 0.6) is 5.75 Å². The molecule has 1 aliphatic heterocycles. The molecule has 1 heterocycles. The molecule has 0 spiro atoms. The maximum absolute atomic E-state index is 14.0. The first-order chi connectivity index (χ1) is 9.13. The van der Waals surface area contributed by atoms with Gasteiger partial charge in [0, 0.05) is 6.07 Å². The second-order valence-corrected chi connectivity index (χ2v) is 5.04. The van der Waals surface area contributed by atoms with Crippen LogP contribution in [0.2, 0.25) is 0 Å². The molecule has 1 fully saturated rings. The number of benzene rings is 1. The Bertz CT molecular complexity index is 467. The molecule has 3 nitrogen and oxygen atoms in total. The highest BCUT2D eigenvalue weighted by Crippen LogP contribution is 2.30. The zero-order valence-electron chi connectivity index (χ0n) is 11.5. The number of carbonyl (C=O) groups is 1. The Hall–Kier alpha value is -1.42. The Balaban J connectivity index is 2.32. The minimum absolute atomic E-state index is 0.132. The Morgan fingerprint density at radius 3 is 2.84 bits per heavy atom. The van der Waals surface area contributed by atoms with Gasteiger partial charge in [-0.15, -0.1) is 0 Å². The number of ether oxygens (including phenoxy) is 1. The summed E-state index contributed by atoms with van der Waals surface area (Å²) in [4.78, 5) is 12.6. The lowest BCUT2D eigenvalue weighted by atomic mass is 9.84. The minimum Gasteiger partial charge on any atom is -0.497 e. The Morgan fingerprint density at radius 1 is 1.53 bits per heavy atom. The molecule has 2 rings (SSSR count). The molecule has 0 aromatic heterocycles. The molecule has 0 amide bonds. The van der Waals surface area contributed by atoms with Crippen LogP contribution in [0, 0.1) is 5.82 Å². The lowest BCUT2D eigenvalue weighted by Gasteiger charge is -2.27. The normalized spacial score (nSPS) is 22.5. The van der Waals surface area contributed by atoms with Crippen LogP contribution in [0.1, 0.15) is 43.0 Å². The van der Waals surface area contributed by atoms with Gasteiger partial charge in [-0.1, -0.05) is 13.3 Å². The number of rotatable bonds is 5. The summed E-state index contributed by atoms with van der Waals surface area (Å²) in [6.45, 7) is 2.86. The van der Waals surface area contributed by atoms with Crippen molar-refractivity contribution in [2.75, 3.05) is 13.7 Å². The number of ketones is 1. The van der Waals surface area contributed by atoms with Gasteiger partial charge in [0.15, 0.2) is 5.78 Å². The average molecular weight is 265 g/mol. The summed E-state index contributed by atoms with van der Waals surface area (Å²) in [5, 5.41) is 3.28. The van der Waals surface area contributed by atoms with Crippen LogP contribution in [0.25, 0.3) is 0 Å². The SMILES string of the molecule is CCCC1(C(=O)c2ccc(OC)cc2F)CCCN1. The Kier molecular flexibility index (Phi) is 4.20. The number of hydrogen-bond donors (Lipinski definition) is 1. The van der Waals surface area contributed by atoms with E-state index >= 15 is 0 Å². The summed E-state index contributed by atoms with van der Waals surface area (Å²) in [5.41, 5.74) is -0.423. The van der Waals surface area contributed by atoms with Crippen molar-refractivity contribution in [2.24, 2.45) is 0 Å². The summed E-state index contributed by atoms with van der Waals surface area (Å²) in [6, 6.07) is 4.42. The van der Waals surface area contributed by atoms with E-state index in [9.17, 15) is 9.18 Å². The summed E-state index contributed by atoms with van der Waals surface area (Å²) >= 11 is 0. The largest absolute Gasteiger partial charge is 0.497 e. The fourth-order valence-corrected chi connectivity index (χ4v) is 2.82. The Labute approximate surface area is 113 Å². The van der Waals surface area contributed by atoms with Gasteiger partial charge in [-0.2, -0.15) is 0 Å². The van der Waals surface area contributed by atoms with E-state index in [-0.39, 0.29) is 11.3 Å². The third-order valence-electron chi connectivity index (χ3n) is 3.78.